The Morgan fingerprint density at radius 1 is 0.267 bits per heavy atom. The van der Waals surface area contributed by atoms with E-state index >= 15 is 0 Å². The summed E-state index contributed by atoms with van der Waals surface area (Å²) in [5.74, 6) is 0. The van der Waals surface area contributed by atoms with Crippen LogP contribution in [0.4, 0.5) is 0 Å². The SMILES string of the molecule is O=[N+]([O-])[O-].O=[N+]([O-])[O-].O=[N+]([O-])[O-].O=[N+]([O-])[O-].O=[N+]([O-])[O-].O=[N+]([O-])[O-].O=[N+]([O-])[O-].[B+3].[C+4]. The van der Waals surface area contributed by atoms with Gasteiger partial charge >= 0.3 is 15.8 Å². The average molecular weight is 457 g/mol. The van der Waals surface area contributed by atoms with E-state index in [1.165, 1.54) is 0 Å². The molecule has 168 valence electrons. The molecule has 0 aromatic rings. The number of hydrogen-bond donors (Lipinski definition) is 0. The van der Waals surface area contributed by atoms with Gasteiger partial charge in [-0.25, -0.2) is 0 Å². The molecule has 0 aliphatic rings. The minimum absolute atomic E-state index is 0. The van der Waals surface area contributed by atoms with Crippen molar-refractivity contribution in [2.45, 2.75) is 0 Å². The third-order valence-electron chi connectivity index (χ3n) is 0. The molecule has 0 aliphatic heterocycles. The number of nitrogens with zero attached hydrogens (tertiary/aromatic N) is 7. The Labute approximate surface area is 160 Å². The van der Waals surface area contributed by atoms with Crippen LogP contribution in [0.15, 0.2) is 0 Å². The predicted octanol–water partition coefficient (Wildman–Crippen LogP) is -1.97. The Morgan fingerprint density at radius 2 is 0.267 bits per heavy atom. The second kappa shape index (κ2) is 49.5. The van der Waals surface area contributed by atoms with Gasteiger partial charge in [-0.05, 0) is 0 Å². The Bertz CT molecular complexity index is 314. The van der Waals surface area contributed by atoms with Gasteiger partial charge in [0.25, 0.3) is 0 Å². The zero-order valence-electron chi connectivity index (χ0n) is 12.8. The summed E-state index contributed by atoms with van der Waals surface area (Å²) in [6, 6.07) is 0. The Kier molecular flexibility index (Phi) is 93.0. The molecule has 0 heterocycles. The molecular formula is CBN7O21. The van der Waals surface area contributed by atoms with Gasteiger partial charge in [0.1, 0.15) is 0 Å². The summed E-state index contributed by atoms with van der Waals surface area (Å²) < 4.78 is 0. The van der Waals surface area contributed by atoms with Gasteiger partial charge in [0.15, 0.2) is 0 Å². The van der Waals surface area contributed by atoms with Crippen molar-refractivity contribution in [2.24, 2.45) is 0 Å². The summed E-state index contributed by atoms with van der Waals surface area (Å²) in [6.45, 7) is 0. The van der Waals surface area contributed by atoms with Crippen molar-refractivity contribution in [3.63, 3.8) is 0 Å². The molecule has 30 heavy (non-hydrogen) atoms. The van der Waals surface area contributed by atoms with E-state index in [4.69, 9.17) is 107 Å². The topological polar surface area (TPSA) is 463 Å². The van der Waals surface area contributed by atoms with E-state index in [0.717, 1.165) is 0 Å². The van der Waals surface area contributed by atoms with E-state index in [0.29, 0.717) is 0 Å². The van der Waals surface area contributed by atoms with Crippen LogP contribution in [-0.4, -0.2) is 44.0 Å². The molecule has 0 bridgehead atoms. The Balaban J connectivity index is -0.0000000242. The summed E-state index contributed by atoms with van der Waals surface area (Å²) in [6.07, 6.45) is 0. The van der Waals surface area contributed by atoms with Gasteiger partial charge < -0.3 is 107 Å². The van der Waals surface area contributed by atoms with Crippen molar-refractivity contribution in [3.05, 3.63) is 115 Å². The fraction of sp³-hybridized carbons (Fsp3) is 0. The van der Waals surface area contributed by atoms with Crippen LogP contribution in [-0.2, 0) is 0 Å². The van der Waals surface area contributed by atoms with E-state index in [1.807, 2.05) is 0 Å². The van der Waals surface area contributed by atoms with Gasteiger partial charge in [0.2, 0.25) is 0 Å². The van der Waals surface area contributed by atoms with Crippen molar-refractivity contribution in [1.82, 2.24) is 0 Å². The predicted molar refractivity (Wildman–Crippen MR) is 81.5 cm³/mol. The molecule has 0 saturated carbocycles. The molecular weight excluding hydrogens is 457 g/mol. The van der Waals surface area contributed by atoms with E-state index in [1.54, 1.807) is 0 Å². The van der Waals surface area contributed by atoms with Crippen molar-refractivity contribution in [3.8, 4) is 0 Å². The van der Waals surface area contributed by atoms with Crippen LogP contribution in [0.2, 0.25) is 0 Å². The first-order chi connectivity index (χ1) is 12.1. The molecule has 0 saturated heterocycles. The molecule has 0 N–H and O–H groups in total. The molecule has 29 heteroatoms. The smallest absolute Gasteiger partial charge is 0.356 e. The van der Waals surface area contributed by atoms with Gasteiger partial charge in [-0.1, -0.05) is 0 Å². The van der Waals surface area contributed by atoms with Gasteiger partial charge in [0, 0.05) is 0 Å². The van der Waals surface area contributed by atoms with E-state index in [2.05, 4.69) is 0 Å². The summed E-state index contributed by atoms with van der Waals surface area (Å²) in [5.41, 5.74) is 0. The van der Waals surface area contributed by atoms with Crippen LogP contribution in [0.25, 0.3) is 0 Å². The normalized spacial score (nSPS) is 5.60. The minimum Gasteiger partial charge on any atom is -0.356 e. The number of hydrogen-bond acceptors (Lipinski definition) is 21. The quantitative estimate of drug-likeness (QED) is 0.216. The van der Waals surface area contributed by atoms with Crippen LogP contribution in [0.3, 0.4) is 0 Å². The fourth-order valence-corrected chi connectivity index (χ4v) is 0. The third kappa shape index (κ3) is 338. The first kappa shape index (κ1) is 56.3. The molecule has 0 aliphatic carbocycles. The zero-order chi connectivity index (χ0) is 25.0. The summed E-state index contributed by atoms with van der Waals surface area (Å²) >= 11 is 0. The largest absolute Gasteiger partial charge is 4.00 e. The second-order valence-corrected chi connectivity index (χ2v) is 1.57. The van der Waals surface area contributed by atoms with Gasteiger partial charge in [0.05, 0.1) is 35.6 Å². The van der Waals surface area contributed by atoms with Crippen LogP contribution in [0.1, 0.15) is 0 Å². The maximum absolute atomic E-state index is 8.25. The molecule has 0 radical (unpaired) electrons. The Hall–Kier alpha value is -5.54. The van der Waals surface area contributed by atoms with Crippen LogP contribution in [0, 0.1) is 115 Å². The summed E-state index contributed by atoms with van der Waals surface area (Å²) in [4.78, 5) is 57.8. The van der Waals surface area contributed by atoms with Crippen LogP contribution < -0.4 is 0 Å². The molecule has 0 rings (SSSR count). The van der Waals surface area contributed by atoms with Crippen molar-refractivity contribution >= 4 is 8.41 Å². The molecule has 0 unspecified atom stereocenters. The second-order valence-electron chi connectivity index (χ2n) is 1.57. The van der Waals surface area contributed by atoms with Crippen LogP contribution >= 0.6 is 0 Å². The first-order valence-electron chi connectivity index (χ1n) is 3.83. The third-order valence-corrected chi connectivity index (χ3v) is 0. The maximum atomic E-state index is 8.25. The van der Waals surface area contributed by atoms with Crippen molar-refractivity contribution in [1.29, 1.82) is 0 Å². The Morgan fingerprint density at radius 3 is 0.267 bits per heavy atom. The maximum Gasteiger partial charge on any atom is 4.00 e. The van der Waals surface area contributed by atoms with Gasteiger partial charge in [-0.3, -0.25) is 0 Å². The van der Waals surface area contributed by atoms with Gasteiger partial charge in [-0.2, -0.15) is 0 Å². The summed E-state index contributed by atoms with van der Waals surface area (Å²) in [5, 5.41) is 103. The molecule has 0 fully saturated rings. The average Bonchev–Trinajstić information content (AvgIpc) is 2.20. The molecule has 0 amide bonds. The van der Waals surface area contributed by atoms with E-state index in [-0.39, 0.29) is 15.8 Å². The molecule has 0 aromatic heterocycles. The minimum atomic E-state index is -1.75. The summed E-state index contributed by atoms with van der Waals surface area (Å²) in [7, 11) is 0. The van der Waals surface area contributed by atoms with Gasteiger partial charge in [-0.15, -0.1) is 0 Å². The molecule has 28 nitrogen and oxygen atoms in total. The van der Waals surface area contributed by atoms with E-state index in [9.17, 15) is 0 Å². The van der Waals surface area contributed by atoms with E-state index < -0.39 is 35.6 Å². The number of rotatable bonds is 0. The monoisotopic (exact) mass is 457 g/mol. The van der Waals surface area contributed by atoms with Crippen LogP contribution in [0.5, 0.6) is 0 Å². The molecule has 0 aromatic carbocycles. The standard InChI is InChI=1S/C.B.7NO3/c;;7*2-1(3)4/q+4;+3;7*-1. The molecule has 0 atom stereocenters. The fourth-order valence-electron chi connectivity index (χ4n) is 0. The molecule has 0 spiro atoms. The zero-order valence-corrected chi connectivity index (χ0v) is 12.8. The first-order valence-corrected chi connectivity index (χ1v) is 3.83. The van der Waals surface area contributed by atoms with Crippen molar-refractivity contribution < 1.29 is 35.6 Å². The van der Waals surface area contributed by atoms with Crippen molar-refractivity contribution in [2.75, 3.05) is 0 Å².